The second-order valence-electron chi connectivity index (χ2n) is 10.5. The van der Waals surface area contributed by atoms with Crippen LogP contribution in [0.1, 0.15) is 64.4 Å². The molecule has 1 aliphatic heterocycles. The third kappa shape index (κ3) is 5.80. The van der Waals surface area contributed by atoms with Gasteiger partial charge in [-0.3, -0.25) is 14.9 Å². The van der Waals surface area contributed by atoms with Crippen molar-refractivity contribution in [1.82, 2.24) is 10.2 Å². The summed E-state index contributed by atoms with van der Waals surface area (Å²) < 4.78 is 10.5. The molecule has 1 heterocycles. The zero-order chi connectivity index (χ0) is 25.0. The number of fused-ring (bicyclic) bond motifs is 2. The van der Waals surface area contributed by atoms with Crippen LogP contribution < -0.4 is 5.32 Å². The molecule has 5 rings (SSSR count). The van der Waals surface area contributed by atoms with Crippen LogP contribution in [0.2, 0.25) is 0 Å². The van der Waals surface area contributed by atoms with Gasteiger partial charge in [0.05, 0.1) is 12.6 Å². The maximum absolute atomic E-state index is 13.6. The Morgan fingerprint density at radius 3 is 2.46 bits per heavy atom. The zero-order valence-corrected chi connectivity index (χ0v) is 20.8. The summed E-state index contributed by atoms with van der Waals surface area (Å²) in [4.78, 5) is 39.3. The average molecular weight is 487 g/mol. The number of amides is 1. The number of rotatable bonds is 9. The van der Waals surface area contributed by atoms with Gasteiger partial charge >= 0.3 is 12.1 Å². The maximum Gasteiger partial charge on any atom is 0.507 e. The lowest BCUT2D eigenvalue weighted by atomic mass is 9.55. The van der Waals surface area contributed by atoms with Crippen molar-refractivity contribution in [2.45, 2.75) is 83.5 Å². The number of ether oxygens (including phenoxy) is 2. The molecular weight excluding hydrogens is 448 g/mol. The highest BCUT2D eigenvalue weighted by Gasteiger charge is 2.56. The fourth-order valence-corrected chi connectivity index (χ4v) is 6.66. The number of hydrogen-bond donors (Lipinski definition) is 2. The molecule has 0 radical (unpaired) electrons. The van der Waals surface area contributed by atoms with Crippen molar-refractivity contribution in [3.63, 3.8) is 0 Å². The molecule has 35 heavy (non-hydrogen) atoms. The molecule has 1 spiro atoms. The molecule has 3 saturated carbocycles. The van der Waals surface area contributed by atoms with Gasteiger partial charge in [0, 0.05) is 13.0 Å². The van der Waals surface area contributed by atoms with Crippen LogP contribution in [0.3, 0.4) is 0 Å². The van der Waals surface area contributed by atoms with Gasteiger partial charge in [0.1, 0.15) is 6.04 Å². The number of carboxylic acid groups (broad SMARTS) is 1. The van der Waals surface area contributed by atoms with Gasteiger partial charge in [-0.1, -0.05) is 43.2 Å². The highest BCUT2D eigenvalue weighted by molar-refractivity contribution is 5.84. The summed E-state index contributed by atoms with van der Waals surface area (Å²) in [5.41, 5.74) is 1.04. The second kappa shape index (κ2) is 11.0. The first kappa shape index (κ1) is 25.5. The Morgan fingerprint density at radius 2 is 1.86 bits per heavy atom. The van der Waals surface area contributed by atoms with Crippen molar-refractivity contribution in [3.05, 3.63) is 35.9 Å². The van der Waals surface area contributed by atoms with Gasteiger partial charge in [-0.2, -0.15) is 0 Å². The first-order valence-electron chi connectivity index (χ1n) is 13.0. The molecule has 1 aromatic rings. The van der Waals surface area contributed by atoms with E-state index in [0.29, 0.717) is 37.6 Å². The Labute approximate surface area is 207 Å². The highest BCUT2D eigenvalue weighted by atomic mass is 16.7. The third-order valence-corrected chi connectivity index (χ3v) is 8.30. The molecule has 1 saturated heterocycles. The fourth-order valence-electron chi connectivity index (χ4n) is 6.66. The molecule has 2 N–H and O–H groups in total. The van der Waals surface area contributed by atoms with E-state index in [0.717, 1.165) is 24.8 Å². The van der Waals surface area contributed by atoms with Crippen LogP contribution in [0.25, 0.3) is 0 Å². The van der Waals surface area contributed by atoms with Gasteiger partial charge < -0.3 is 19.5 Å². The van der Waals surface area contributed by atoms with Crippen molar-refractivity contribution in [2.75, 3.05) is 13.2 Å². The Hall–Kier alpha value is -2.61. The van der Waals surface area contributed by atoms with Gasteiger partial charge in [0.2, 0.25) is 5.91 Å². The molecule has 8 nitrogen and oxygen atoms in total. The van der Waals surface area contributed by atoms with E-state index in [1.165, 1.54) is 12.8 Å². The average Bonchev–Trinajstić information content (AvgIpc) is 3.18. The van der Waals surface area contributed by atoms with E-state index in [1.807, 2.05) is 30.3 Å². The van der Waals surface area contributed by atoms with E-state index in [-0.39, 0.29) is 23.9 Å². The minimum atomic E-state index is -1.36. The predicted octanol–water partition coefficient (Wildman–Crippen LogP) is 3.98. The number of nitrogens with zero attached hydrogens (tertiary/aromatic N) is 1. The molecular formula is C27H38N2O6. The summed E-state index contributed by atoms with van der Waals surface area (Å²) in [5.74, 6) is 0.543. The monoisotopic (exact) mass is 486 g/mol. The summed E-state index contributed by atoms with van der Waals surface area (Å²) in [6.07, 6.45) is 5.35. The van der Waals surface area contributed by atoms with Gasteiger partial charge in [-0.05, 0) is 68.8 Å². The van der Waals surface area contributed by atoms with Crippen LogP contribution in [0.15, 0.2) is 30.3 Å². The topological polar surface area (TPSA) is 105 Å². The van der Waals surface area contributed by atoms with E-state index in [2.05, 4.69) is 5.32 Å². The minimum Gasteiger partial charge on any atom is -0.465 e. The Balaban J connectivity index is 1.45. The first-order valence-corrected chi connectivity index (χ1v) is 13.0. The number of aryl methyl sites for hydroxylation is 1. The molecule has 4 fully saturated rings. The molecule has 3 aliphatic carbocycles. The van der Waals surface area contributed by atoms with Crippen LogP contribution in [0, 0.1) is 17.3 Å². The van der Waals surface area contributed by atoms with Gasteiger partial charge in [0.25, 0.3) is 0 Å². The van der Waals surface area contributed by atoms with Crippen molar-refractivity contribution in [3.8, 4) is 0 Å². The smallest absolute Gasteiger partial charge is 0.465 e. The van der Waals surface area contributed by atoms with Crippen LogP contribution >= 0.6 is 0 Å². The SMILES string of the molecule is CCOC(=O)[C@@H](CCc1ccccc1)N[C@@H](C)C(=O)N1C[C@@]2(CC3CCC2CC3)C[C@@H]1OC(=O)O. The number of carbonyl (C=O) groups is 3. The Kier molecular flexibility index (Phi) is 7.99. The standard InChI is InChI=1S/C27H38N2O6/c1-3-34-25(31)22(14-11-19-7-5-4-6-8-19)28-18(2)24(30)29-17-27(16-23(29)35-26(32)33)15-20-9-12-21(27)13-10-20/h4-8,18,20-23,28H,3,9-17H2,1-2H3,(H,32,33)/t18-,20?,21?,22+,23-,27+/m0/s1. The zero-order valence-electron chi connectivity index (χ0n) is 20.8. The molecule has 1 amide bonds. The van der Waals surface area contributed by atoms with Crippen molar-refractivity contribution in [2.24, 2.45) is 17.3 Å². The van der Waals surface area contributed by atoms with Crippen molar-refractivity contribution < 1.29 is 29.0 Å². The molecule has 2 bridgehead atoms. The summed E-state index contributed by atoms with van der Waals surface area (Å²) in [5, 5.41) is 12.5. The second-order valence-corrected chi connectivity index (χ2v) is 10.5. The lowest BCUT2D eigenvalue weighted by Gasteiger charge is -2.49. The van der Waals surface area contributed by atoms with Gasteiger partial charge in [-0.25, -0.2) is 4.79 Å². The predicted molar refractivity (Wildman–Crippen MR) is 130 cm³/mol. The number of carbonyl (C=O) groups excluding carboxylic acids is 2. The molecule has 4 atom stereocenters. The first-order chi connectivity index (χ1) is 16.8. The normalized spacial score (nSPS) is 29.1. The summed E-state index contributed by atoms with van der Waals surface area (Å²) in [6, 6.07) is 8.54. The Morgan fingerprint density at radius 1 is 1.14 bits per heavy atom. The van der Waals surface area contributed by atoms with Crippen LogP contribution in [-0.2, 0) is 25.5 Å². The summed E-state index contributed by atoms with van der Waals surface area (Å²) >= 11 is 0. The molecule has 192 valence electrons. The minimum absolute atomic E-state index is 0.0650. The maximum atomic E-state index is 13.6. The lowest BCUT2D eigenvalue weighted by molar-refractivity contribution is -0.147. The molecule has 8 heteroatoms. The van der Waals surface area contributed by atoms with Crippen molar-refractivity contribution >= 4 is 18.0 Å². The molecule has 1 aromatic carbocycles. The third-order valence-electron chi connectivity index (χ3n) is 8.30. The number of likely N-dealkylation sites (tertiary alicyclic amines) is 1. The van der Waals surface area contributed by atoms with E-state index < -0.39 is 24.5 Å². The van der Waals surface area contributed by atoms with Gasteiger partial charge in [-0.15, -0.1) is 0 Å². The van der Waals surface area contributed by atoms with Crippen molar-refractivity contribution in [1.29, 1.82) is 0 Å². The Bertz CT molecular complexity index is 900. The number of nitrogens with one attached hydrogen (secondary N) is 1. The summed E-state index contributed by atoms with van der Waals surface area (Å²) in [7, 11) is 0. The van der Waals surface area contributed by atoms with Crippen LogP contribution in [0.4, 0.5) is 4.79 Å². The largest absolute Gasteiger partial charge is 0.507 e. The lowest BCUT2D eigenvalue weighted by Crippen LogP contribution is -2.53. The van der Waals surface area contributed by atoms with E-state index >= 15 is 0 Å². The van der Waals surface area contributed by atoms with Gasteiger partial charge in [0.15, 0.2) is 6.23 Å². The molecule has 4 aliphatic rings. The number of esters is 1. The number of benzene rings is 1. The quantitative estimate of drug-likeness (QED) is 0.509. The fraction of sp³-hybridized carbons (Fsp3) is 0.667. The number of hydrogen-bond acceptors (Lipinski definition) is 6. The van der Waals surface area contributed by atoms with E-state index in [1.54, 1.807) is 18.7 Å². The molecule has 0 unspecified atom stereocenters. The van der Waals surface area contributed by atoms with Crippen LogP contribution in [0.5, 0.6) is 0 Å². The summed E-state index contributed by atoms with van der Waals surface area (Å²) in [6.45, 7) is 4.27. The van der Waals surface area contributed by atoms with E-state index in [4.69, 9.17) is 9.47 Å². The van der Waals surface area contributed by atoms with E-state index in [9.17, 15) is 19.5 Å². The molecule has 0 aromatic heterocycles. The van der Waals surface area contributed by atoms with Crippen LogP contribution in [-0.4, -0.2) is 59.5 Å². The highest BCUT2D eigenvalue weighted by Crippen LogP contribution is 2.58.